The zero-order valence-electron chi connectivity index (χ0n) is 18.2. The van der Waals surface area contributed by atoms with Crippen molar-refractivity contribution in [2.75, 3.05) is 5.32 Å². The molecular weight excluding hydrogens is 470 g/mol. The first kappa shape index (κ1) is 23.2. The Hall–Kier alpha value is -2.98. The number of halogens is 1. The number of benzene rings is 2. The van der Waals surface area contributed by atoms with Crippen LogP contribution in [0.15, 0.2) is 87.9 Å². The molecule has 0 aliphatic carbocycles. The van der Waals surface area contributed by atoms with Crippen molar-refractivity contribution >= 4 is 46.3 Å². The van der Waals surface area contributed by atoms with E-state index >= 15 is 0 Å². The molecule has 0 unspecified atom stereocenters. The summed E-state index contributed by atoms with van der Waals surface area (Å²) in [5.41, 5.74) is 4.56. The van der Waals surface area contributed by atoms with E-state index in [2.05, 4.69) is 16.7 Å². The number of hydrogen-bond donors (Lipinski definition) is 2. The van der Waals surface area contributed by atoms with Gasteiger partial charge in [0.1, 0.15) is 0 Å². The molecule has 4 nitrogen and oxygen atoms in total. The number of anilines is 1. The Kier molecular flexibility index (Phi) is 7.24. The van der Waals surface area contributed by atoms with Crippen LogP contribution >= 0.6 is 34.7 Å². The lowest BCUT2D eigenvalue weighted by Crippen LogP contribution is -2.30. The lowest BCUT2D eigenvalue weighted by molar-refractivity contribution is -0.113. The molecule has 0 radical (unpaired) electrons. The number of allylic oxidation sites excluding steroid dienone is 2. The molecule has 0 saturated carbocycles. The van der Waals surface area contributed by atoms with E-state index in [0.29, 0.717) is 21.9 Å². The summed E-state index contributed by atoms with van der Waals surface area (Å²) in [7, 11) is 0. The molecular formula is C26H22ClN3OS2. The molecule has 33 heavy (non-hydrogen) atoms. The minimum Gasteiger partial charge on any atom is -0.353 e. The fourth-order valence-corrected chi connectivity index (χ4v) is 5.96. The van der Waals surface area contributed by atoms with E-state index in [4.69, 9.17) is 11.6 Å². The Morgan fingerprint density at radius 1 is 1.15 bits per heavy atom. The smallest absolute Gasteiger partial charge is 0.254 e. The standard InChI is InChI=1S/C26H22ClN3OS2/c1-16-8-3-6-11-21(16)30-25(31)23-17(2)29-26(33-15-18-9-4-5-10-20(18)27)19(14-28)24(23)22-12-7-13-32-22/h3-13,24,29H,15H2,1-2H3,(H,30,31)/t24-/m1/s1. The van der Waals surface area contributed by atoms with Gasteiger partial charge in [0.05, 0.1) is 22.6 Å². The summed E-state index contributed by atoms with van der Waals surface area (Å²) in [4.78, 5) is 14.4. The van der Waals surface area contributed by atoms with Crippen molar-refractivity contribution in [3.05, 3.63) is 109 Å². The van der Waals surface area contributed by atoms with E-state index in [1.165, 1.54) is 11.8 Å². The summed E-state index contributed by atoms with van der Waals surface area (Å²) in [6, 6.07) is 21.6. The van der Waals surface area contributed by atoms with Crippen LogP contribution in [-0.2, 0) is 10.5 Å². The second kappa shape index (κ2) is 10.3. The highest BCUT2D eigenvalue weighted by Gasteiger charge is 2.35. The lowest BCUT2D eigenvalue weighted by atomic mass is 9.86. The number of rotatable bonds is 6. The zero-order chi connectivity index (χ0) is 23.4. The molecule has 1 amide bonds. The van der Waals surface area contributed by atoms with E-state index < -0.39 is 5.92 Å². The van der Waals surface area contributed by atoms with Crippen LogP contribution in [0, 0.1) is 18.3 Å². The highest BCUT2D eigenvalue weighted by atomic mass is 35.5. The number of para-hydroxylation sites is 1. The highest BCUT2D eigenvalue weighted by molar-refractivity contribution is 8.02. The van der Waals surface area contributed by atoms with Gasteiger partial charge < -0.3 is 10.6 Å². The fraction of sp³-hybridized carbons (Fsp3) is 0.154. The van der Waals surface area contributed by atoms with Gasteiger partial charge in [-0.05, 0) is 48.6 Å². The molecule has 1 aliphatic heterocycles. The monoisotopic (exact) mass is 491 g/mol. The third-order valence-corrected chi connectivity index (χ3v) is 7.81. The molecule has 0 spiro atoms. The molecule has 2 N–H and O–H groups in total. The maximum atomic E-state index is 13.5. The molecule has 7 heteroatoms. The highest BCUT2D eigenvalue weighted by Crippen LogP contribution is 2.43. The largest absolute Gasteiger partial charge is 0.353 e. The van der Waals surface area contributed by atoms with E-state index in [0.717, 1.165) is 32.4 Å². The summed E-state index contributed by atoms with van der Waals surface area (Å²) in [5, 5.41) is 19.9. The molecule has 2 aromatic carbocycles. The number of amides is 1. The minimum absolute atomic E-state index is 0.212. The number of nitrogens with zero attached hydrogens (tertiary/aromatic N) is 1. The van der Waals surface area contributed by atoms with Gasteiger partial charge in [-0.15, -0.1) is 23.1 Å². The van der Waals surface area contributed by atoms with Gasteiger partial charge in [0, 0.05) is 32.6 Å². The Labute approximate surface area is 207 Å². The predicted octanol–water partition coefficient (Wildman–Crippen LogP) is 6.98. The Morgan fingerprint density at radius 3 is 2.61 bits per heavy atom. The number of thioether (sulfide) groups is 1. The van der Waals surface area contributed by atoms with Crippen LogP contribution in [0.5, 0.6) is 0 Å². The number of dihydropyridines is 1. The third-order valence-electron chi connectivity index (χ3n) is 5.44. The summed E-state index contributed by atoms with van der Waals surface area (Å²) < 4.78 is 0. The van der Waals surface area contributed by atoms with Gasteiger partial charge in [0.2, 0.25) is 0 Å². The number of aryl methyl sites for hydroxylation is 1. The van der Waals surface area contributed by atoms with Crippen LogP contribution in [0.4, 0.5) is 5.69 Å². The number of nitriles is 1. The fourth-order valence-electron chi connectivity index (χ4n) is 3.74. The maximum Gasteiger partial charge on any atom is 0.254 e. The molecule has 1 atom stereocenters. The Balaban J connectivity index is 1.69. The van der Waals surface area contributed by atoms with Crippen LogP contribution in [0.3, 0.4) is 0 Å². The van der Waals surface area contributed by atoms with Crippen molar-refractivity contribution in [2.45, 2.75) is 25.5 Å². The summed E-state index contributed by atoms with van der Waals surface area (Å²) in [5.74, 6) is -0.0350. The topological polar surface area (TPSA) is 64.9 Å². The second-order valence-electron chi connectivity index (χ2n) is 7.62. The number of carbonyl (C=O) groups is 1. The molecule has 0 saturated heterocycles. The van der Waals surface area contributed by atoms with Crippen molar-refractivity contribution in [3.63, 3.8) is 0 Å². The number of nitrogens with one attached hydrogen (secondary N) is 2. The van der Waals surface area contributed by atoms with Crippen LogP contribution in [0.1, 0.15) is 28.8 Å². The van der Waals surface area contributed by atoms with Gasteiger partial charge in [-0.2, -0.15) is 5.26 Å². The zero-order valence-corrected chi connectivity index (χ0v) is 20.6. The van der Waals surface area contributed by atoms with Crippen molar-refractivity contribution < 1.29 is 4.79 Å². The Bertz CT molecular complexity index is 1290. The molecule has 166 valence electrons. The van der Waals surface area contributed by atoms with E-state index in [9.17, 15) is 10.1 Å². The molecule has 1 aromatic heterocycles. The first-order valence-corrected chi connectivity index (χ1v) is 12.6. The van der Waals surface area contributed by atoms with Gasteiger partial charge in [-0.3, -0.25) is 4.79 Å². The predicted molar refractivity (Wildman–Crippen MR) is 138 cm³/mol. The van der Waals surface area contributed by atoms with Crippen molar-refractivity contribution in [2.24, 2.45) is 0 Å². The van der Waals surface area contributed by atoms with E-state index in [1.807, 2.05) is 79.9 Å². The van der Waals surface area contributed by atoms with Crippen LogP contribution < -0.4 is 10.6 Å². The first-order chi connectivity index (χ1) is 16.0. The number of carbonyl (C=O) groups excluding carboxylic acids is 1. The quantitative estimate of drug-likeness (QED) is 0.390. The summed E-state index contributed by atoms with van der Waals surface area (Å²) in [6.45, 7) is 3.84. The van der Waals surface area contributed by atoms with Crippen molar-refractivity contribution in [3.8, 4) is 6.07 Å². The van der Waals surface area contributed by atoms with Gasteiger partial charge in [-0.25, -0.2) is 0 Å². The first-order valence-electron chi connectivity index (χ1n) is 10.4. The molecule has 2 heterocycles. The number of hydrogen-bond acceptors (Lipinski definition) is 5. The van der Waals surface area contributed by atoms with E-state index in [1.54, 1.807) is 11.3 Å². The third kappa shape index (κ3) is 5.01. The van der Waals surface area contributed by atoms with Gasteiger partial charge in [0.25, 0.3) is 5.91 Å². The summed E-state index contributed by atoms with van der Waals surface area (Å²) >= 11 is 9.40. The summed E-state index contributed by atoms with van der Waals surface area (Å²) in [6.07, 6.45) is 0. The minimum atomic E-state index is -0.436. The van der Waals surface area contributed by atoms with Crippen molar-refractivity contribution in [1.82, 2.24) is 5.32 Å². The van der Waals surface area contributed by atoms with Crippen LogP contribution in [0.25, 0.3) is 0 Å². The van der Waals surface area contributed by atoms with Gasteiger partial charge >= 0.3 is 0 Å². The van der Waals surface area contributed by atoms with Crippen LogP contribution in [0.2, 0.25) is 5.02 Å². The molecule has 3 aromatic rings. The van der Waals surface area contributed by atoms with Gasteiger partial charge in [0.15, 0.2) is 0 Å². The van der Waals surface area contributed by atoms with Crippen molar-refractivity contribution in [1.29, 1.82) is 5.26 Å². The van der Waals surface area contributed by atoms with E-state index in [-0.39, 0.29) is 5.91 Å². The molecule has 0 bridgehead atoms. The molecule has 0 fully saturated rings. The normalized spacial score (nSPS) is 15.8. The average molecular weight is 492 g/mol. The average Bonchev–Trinajstić information content (AvgIpc) is 3.34. The van der Waals surface area contributed by atoms with Gasteiger partial charge in [-0.1, -0.05) is 54.1 Å². The molecule has 4 rings (SSSR count). The maximum absolute atomic E-state index is 13.5. The Morgan fingerprint density at radius 2 is 1.91 bits per heavy atom. The lowest BCUT2D eigenvalue weighted by Gasteiger charge is -2.29. The molecule has 1 aliphatic rings. The van der Waals surface area contributed by atoms with Crippen LogP contribution in [-0.4, -0.2) is 5.91 Å². The SMILES string of the molecule is CC1=C(C(=O)Nc2ccccc2C)[C@@H](c2cccs2)C(C#N)=C(SCc2ccccc2Cl)N1. The second-order valence-corrected chi connectivity index (χ2v) is 9.99. The number of thiophene rings is 1.